The average Bonchev–Trinajstić information content (AvgIpc) is 2.41. The summed E-state index contributed by atoms with van der Waals surface area (Å²) in [5, 5.41) is 11.6. The number of amides is 4. The number of phenols is 1. The second kappa shape index (κ2) is 4.96. The first-order valence-electron chi connectivity index (χ1n) is 6.44. The van der Waals surface area contributed by atoms with E-state index in [1.807, 2.05) is 0 Å². The van der Waals surface area contributed by atoms with Crippen LogP contribution in [0.15, 0.2) is 24.3 Å². The summed E-state index contributed by atoms with van der Waals surface area (Å²) in [7, 11) is 0. The van der Waals surface area contributed by atoms with Crippen molar-refractivity contribution in [1.82, 2.24) is 10.2 Å². The summed E-state index contributed by atoms with van der Waals surface area (Å²) in [4.78, 5) is 37.6. The van der Waals surface area contributed by atoms with Gasteiger partial charge in [0, 0.05) is 6.54 Å². The SMILES string of the molecule is CCN1C(=O)NC(=O)C(CC)(c2ccc(O)cc2)C1=O. The van der Waals surface area contributed by atoms with Gasteiger partial charge in [-0.1, -0.05) is 19.1 Å². The molecule has 1 heterocycles. The van der Waals surface area contributed by atoms with E-state index in [9.17, 15) is 19.5 Å². The minimum Gasteiger partial charge on any atom is -0.508 e. The topological polar surface area (TPSA) is 86.7 Å². The lowest BCUT2D eigenvalue weighted by Gasteiger charge is -2.38. The molecule has 6 nitrogen and oxygen atoms in total. The van der Waals surface area contributed by atoms with Gasteiger partial charge in [-0.25, -0.2) is 4.79 Å². The Bertz CT molecular complexity index is 567. The van der Waals surface area contributed by atoms with Crippen LogP contribution in [-0.2, 0) is 15.0 Å². The lowest BCUT2D eigenvalue weighted by atomic mass is 9.74. The second-order valence-electron chi connectivity index (χ2n) is 4.61. The normalized spacial score (nSPS) is 22.9. The van der Waals surface area contributed by atoms with Gasteiger partial charge in [-0.15, -0.1) is 0 Å². The van der Waals surface area contributed by atoms with E-state index in [-0.39, 0.29) is 18.7 Å². The number of benzene rings is 1. The van der Waals surface area contributed by atoms with Gasteiger partial charge in [0.2, 0.25) is 5.91 Å². The number of hydrogen-bond acceptors (Lipinski definition) is 4. The molecule has 4 amide bonds. The predicted octanol–water partition coefficient (Wildman–Crippen LogP) is 1.14. The van der Waals surface area contributed by atoms with Crippen molar-refractivity contribution in [3.8, 4) is 5.75 Å². The summed E-state index contributed by atoms with van der Waals surface area (Å²) in [6.45, 7) is 3.58. The van der Waals surface area contributed by atoms with E-state index in [1.165, 1.54) is 24.3 Å². The van der Waals surface area contributed by atoms with Gasteiger partial charge in [0.05, 0.1) is 0 Å². The summed E-state index contributed by atoms with van der Waals surface area (Å²) in [6.07, 6.45) is 0.228. The standard InChI is InChI=1S/C14H16N2O4/c1-3-14(9-5-7-10(17)8-6-9)11(18)15-13(20)16(4-2)12(14)19/h5-8,17H,3-4H2,1-2H3,(H,15,18,20). The van der Waals surface area contributed by atoms with Crippen LogP contribution < -0.4 is 5.32 Å². The highest BCUT2D eigenvalue weighted by molar-refractivity contribution is 6.22. The third-order valence-electron chi connectivity index (χ3n) is 3.67. The minimum atomic E-state index is -1.42. The second-order valence-corrected chi connectivity index (χ2v) is 4.61. The zero-order valence-corrected chi connectivity index (χ0v) is 11.3. The van der Waals surface area contributed by atoms with Crippen LogP contribution in [0.4, 0.5) is 4.79 Å². The van der Waals surface area contributed by atoms with E-state index in [4.69, 9.17) is 0 Å². The molecule has 20 heavy (non-hydrogen) atoms. The Kier molecular flexibility index (Phi) is 3.48. The van der Waals surface area contributed by atoms with E-state index < -0.39 is 23.3 Å². The number of barbiturate groups is 1. The molecular weight excluding hydrogens is 260 g/mol. The highest BCUT2D eigenvalue weighted by Gasteiger charge is 2.53. The average molecular weight is 276 g/mol. The molecule has 1 aliphatic rings. The number of imide groups is 2. The Morgan fingerprint density at radius 3 is 2.25 bits per heavy atom. The van der Waals surface area contributed by atoms with E-state index in [0.29, 0.717) is 5.56 Å². The van der Waals surface area contributed by atoms with Crippen LogP contribution in [0, 0.1) is 0 Å². The van der Waals surface area contributed by atoms with E-state index >= 15 is 0 Å². The van der Waals surface area contributed by atoms with E-state index in [1.54, 1.807) is 13.8 Å². The maximum Gasteiger partial charge on any atom is 0.330 e. The van der Waals surface area contributed by atoms with Crippen molar-refractivity contribution in [2.24, 2.45) is 0 Å². The zero-order chi connectivity index (χ0) is 14.9. The van der Waals surface area contributed by atoms with Gasteiger partial charge in [-0.2, -0.15) is 0 Å². The molecule has 0 radical (unpaired) electrons. The van der Waals surface area contributed by atoms with Gasteiger partial charge in [0.25, 0.3) is 5.91 Å². The number of carbonyl (C=O) groups is 3. The van der Waals surface area contributed by atoms with Crippen molar-refractivity contribution in [3.05, 3.63) is 29.8 Å². The lowest BCUT2D eigenvalue weighted by molar-refractivity contribution is -0.145. The number of hydrogen-bond donors (Lipinski definition) is 2. The fourth-order valence-corrected chi connectivity index (χ4v) is 2.49. The van der Waals surface area contributed by atoms with Gasteiger partial charge in [-0.3, -0.25) is 19.8 Å². The lowest BCUT2D eigenvalue weighted by Crippen LogP contribution is -2.65. The highest BCUT2D eigenvalue weighted by atomic mass is 16.3. The first-order chi connectivity index (χ1) is 9.47. The molecule has 0 saturated carbocycles. The number of rotatable bonds is 3. The van der Waals surface area contributed by atoms with Crippen molar-refractivity contribution >= 4 is 17.8 Å². The fraction of sp³-hybridized carbons (Fsp3) is 0.357. The smallest absolute Gasteiger partial charge is 0.330 e. The van der Waals surface area contributed by atoms with Crippen molar-refractivity contribution < 1.29 is 19.5 Å². The molecule has 1 aromatic carbocycles. The minimum absolute atomic E-state index is 0.0482. The largest absolute Gasteiger partial charge is 0.508 e. The van der Waals surface area contributed by atoms with Crippen LogP contribution in [0.2, 0.25) is 0 Å². The monoisotopic (exact) mass is 276 g/mol. The van der Waals surface area contributed by atoms with Crippen molar-refractivity contribution in [2.45, 2.75) is 25.7 Å². The molecule has 0 aromatic heterocycles. The van der Waals surface area contributed by atoms with Crippen LogP contribution in [-0.4, -0.2) is 34.4 Å². The first-order valence-corrected chi connectivity index (χ1v) is 6.44. The molecule has 1 fully saturated rings. The van der Waals surface area contributed by atoms with Gasteiger partial charge in [0.15, 0.2) is 5.41 Å². The molecule has 0 bridgehead atoms. The van der Waals surface area contributed by atoms with Crippen molar-refractivity contribution in [3.63, 3.8) is 0 Å². The first kappa shape index (κ1) is 14.0. The van der Waals surface area contributed by atoms with Crippen molar-refractivity contribution in [1.29, 1.82) is 0 Å². The van der Waals surface area contributed by atoms with Crippen LogP contribution in [0.1, 0.15) is 25.8 Å². The number of phenolic OH excluding ortho intramolecular Hbond substituents is 1. The molecule has 1 saturated heterocycles. The number of nitrogens with one attached hydrogen (secondary N) is 1. The number of nitrogens with zero attached hydrogens (tertiary/aromatic N) is 1. The van der Waals surface area contributed by atoms with Gasteiger partial charge in [-0.05, 0) is 31.0 Å². The maximum absolute atomic E-state index is 12.6. The Morgan fingerprint density at radius 2 is 1.75 bits per heavy atom. The fourth-order valence-electron chi connectivity index (χ4n) is 2.49. The van der Waals surface area contributed by atoms with Crippen LogP contribution >= 0.6 is 0 Å². The predicted molar refractivity (Wildman–Crippen MR) is 71.0 cm³/mol. The van der Waals surface area contributed by atoms with E-state index in [0.717, 1.165) is 4.90 Å². The van der Waals surface area contributed by atoms with E-state index in [2.05, 4.69) is 5.32 Å². The Morgan fingerprint density at radius 1 is 1.15 bits per heavy atom. The summed E-state index contributed by atoms with van der Waals surface area (Å²) < 4.78 is 0. The number of carbonyl (C=O) groups excluding carboxylic acids is 3. The summed E-state index contributed by atoms with van der Waals surface area (Å²) >= 11 is 0. The molecule has 6 heteroatoms. The molecule has 2 N–H and O–H groups in total. The van der Waals surface area contributed by atoms with Gasteiger partial charge < -0.3 is 5.11 Å². The Labute approximate surface area is 116 Å². The van der Waals surface area contributed by atoms with Crippen LogP contribution in [0.25, 0.3) is 0 Å². The molecule has 1 aliphatic heterocycles. The number of likely N-dealkylation sites (N-methyl/N-ethyl adjacent to an activating group) is 1. The summed E-state index contributed by atoms with van der Waals surface area (Å²) in [5.41, 5.74) is -0.955. The molecule has 0 spiro atoms. The van der Waals surface area contributed by atoms with Gasteiger partial charge >= 0.3 is 6.03 Å². The maximum atomic E-state index is 12.6. The van der Waals surface area contributed by atoms with Crippen LogP contribution in [0.3, 0.4) is 0 Å². The zero-order valence-electron chi connectivity index (χ0n) is 11.3. The third-order valence-corrected chi connectivity index (χ3v) is 3.67. The molecule has 1 aromatic rings. The quantitative estimate of drug-likeness (QED) is 0.810. The molecule has 0 aliphatic carbocycles. The molecule has 1 atom stereocenters. The highest BCUT2D eigenvalue weighted by Crippen LogP contribution is 2.34. The Hall–Kier alpha value is -2.37. The Balaban J connectivity index is 2.57. The summed E-state index contributed by atoms with van der Waals surface area (Å²) in [6, 6.07) is 5.20. The molecule has 106 valence electrons. The third kappa shape index (κ3) is 1.84. The number of urea groups is 1. The molecule has 1 unspecified atom stereocenters. The van der Waals surface area contributed by atoms with Crippen LogP contribution in [0.5, 0.6) is 5.75 Å². The van der Waals surface area contributed by atoms with Gasteiger partial charge in [0.1, 0.15) is 5.75 Å². The molecular formula is C14H16N2O4. The molecule has 2 rings (SSSR count). The number of aromatic hydroxyl groups is 1. The summed E-state index contributed by atoms with van der Waals surface area (Å²) in [5.74, 6) is -1.10. The van der Waals surface area contributed by atoms with Crippen molar-refractivity contribution in [2.75, 3.05) is 6.54 Å².